The SMILES string of the molecule is CC(C)[C@H](NC(=O)c1cc(-c2ccco2)nc2c1cnn2C(C)C)C(=O)O. The predicted octanol–water partition coefficient (Wildman–Crippen LogP) is 3.11. The van der Waals surface area contributed by atoms with Gasteiger partial charge in [-0.2, -0.15) is 5.10 Å². The molecule has 8 nitrogen and oxygen atoms in total. The zero-order valence-corrected chi connectivity index (χ0v) is 15.6. The molecular weight excluding hydrogens is 348 g/mol. The molecule has 0 spiro atoms. The number of carboxylic acids is 1. The smallest absolute Gasteiger partial charge is 0.326 e. The Morgan fingerprint density at radius 2 is 2.00 bits per heavy atom. The van der Waals surface area contributed by atoms with Crippen molar-refractivity contribution in [2.45, 2.75) is 39.8 Å². The van der Waals surface area contributed by atoms with Gasteiger partial charge in [-0.3, -0.25) is 4.79 Å². The van der Waals surface area contributed by atoms with Crippen molar-refractivity contribution in [3.63, 3.8) is 0 Å². The first kappa shape index (κ1) is 18.6. The highest BCUT2D eigenvalue weighted by Crippen LogP contribution is 2.26. The summed E-state index contributed by atoms with van der Waals surface area (Å²) < 4.78 is 7.14. The summed E-state index contributed by atoms with van der Waals surface area (Å²) in [7, 11) is 0. The van der Waals surface area contributed by atoms with E-state index in [1.54, 1.807) is 42.9 Å². The van der Waals surface area contributed by atoms with Gasteiger partial charge in [-0.25, -0.2) is 14.5 Å². The van der Waals surface area contributed by atoms with Crippen LogP contribution in [0.3, 0.4) is 0 Å². The summed E-state index contributed by atoms with van der Waals surface area (Å²) in [6.07, 6.45) is 3.11. The maximum Gasteiger partial charge on any atom is 0.326 e. The van der Waals surface area contributed by atoms with Crippen molar-refractivity contribution in [3.05, 3.63) is 36.2 Å². The summed E-state index contributed by atoms with van der Waals surface area (Å²) in [6, 6.07) is 4.13. The molecule has 0 aliphatic rings. The number of hydrogen-bond acceptors (Lipinski definition) is 5. The number of nitrogens with one attached hydrogen (secondary N) is 1. The molecule has 2 N–H and O–H groups in total. The predicted molar refractivity (Wildman–Crippen MR) is 99.3 cm³/mol. The molecule has 0 radical (unpaired) electrons. The van der Waals surface area contributed by atoms with Gasteiger partial charge in [-0.15, -0.1) is 0 Å². The average Bonchev–Trinajstić information content (AvgIpc) is 3.26. The van der Waals surface area contributed by atoms with Crippen LogP contribution in [0.5, 0.6) is 0 Å². The average molecular weight is 370 g/mol. The van der Waals surface area contributed by atoms with Crippen molar-refractivity contribution in [2.75, 3.05) is 0 Å². The Hall–Kier alpha value is -3.16. The number of carbonyl (C=O) groups excluding carboxylic acids is 1. The molecule has 0 aliphatic heterocycles. The van der Waals surface area contributed by atoms with Crippen LogP contribution in [0.25, 0.3) is 22.5 Å². The molecule has 8 heteroatoms. The van der Waals surface area contributed by atoms with E-state index in [0.717, 1.165) is 0 Å². The molecule has 0 aliphatic carbocycles. The molecule has 0 fully saturated rings. The van der Waals surface area contributed by atoms with E-state index in [9.17, 15) is 14.7 Å². The summed E-state index contributed by atoms with van der Waals surface area (Å²) >= 11 is 0. The monoisotopic (exact) mass is 370 g/mol. The molecule has 142 valence electrons. The van der Waals surface area contributed by atoms with E-state index in [4.69, 9.17) is 4.42 Å². The van der Waals surface area contributed by atoms with E-state index in [-0.39, 0.29) is 12.0 Å². The lowest BCUT2D eigenvalue weighted by Gasteiger charge is -2.18. The summed E-state index contributed by atoms with van der Waals surface area (Å²) in [5.41, 5.74) is 1.34. The maximum atomic E-state index is 12.9. The van der Waals surface area contributed by atoms with E-state index in [1.165, 1.54) is 6.26 Å². The van der Waals surface area contributed by atoms with Crippen LogP contribution in [0.15, 0.2) is 35.1 Å². The first-order chi connectivity index (χ1) is 12.8. The number of pyridine rings is 1. The molecule has 0 unspecified atom stereocenters. The summed E-state index contributed by atoms with van der Waals surface area (Å²) in [6.45, 7) is 7.41. The molecule has 0 bridgehead atoms. The number of rotatable bonds is 6. The van der Waals surface area contributed by atoms with Gasteiger partial charge in [0.05, 0.1) is 23.4 Å². The van der Waals surface area contributed by atoms with Crippen molar-refractivity contribution >= 4 is 22.9 Å². The fourth-order valence-corrected chi connectivity index (χ4v) is 2.87. The molecule has 3 rings (SSSR count). The van der Waals surface area contributed by atoms with Gasteiger partial charge in [0.2, 0.25) is 0 Å². The Kier molecular flexibility index (Phi) is 4.98. The van der Waals surface area contributed by atoms with Crippen LogP contribution in [-0.4, -0.2) is 37.8 Å². The van der Waals surface area contributed by atoms with Crippen molar-refractivity contribution in [1.82, 2.24) is 20.1 Å². The van der Waals surface area contributed by atoms with E-state index < -0.39 is 17.9 Å². The second-order valence-corrected chi connectivity index (χ2v) is 6.99. The third-order valence-electron chi connectivity index (χ3n) is 4.29. The first-order valence-electron chi connectivity index (χ1n) is 8.75. The first-order valence-corrected chi connectivity index (χ1v) is 8.75. The van der Waals surface area contributed by atoms with Crippen LogP contribution in [0.2, 0.25) is 0 Å². The van der Waals surface area contributed by atoms with Gasteiger partial charge in [0, 0.05) is 6.04 Å². The molecule has 3 aromatic heterocycles. The topological polar surface area (TPSA) is 110 Å². The third-order valence-corrected chi connectivity index (χ3v) is 4.29. The van der Waals surface area contributed by atoms with Gasteiger partial charge >= 0.3 is 5.97 Å². The molecule has 3 heterocycles. The molecular formula is C19H22N4O4. The zero-order chi connectivity index (χ0) is 19.7. The fraction of sp³-hybridized carbons (Fsp3) is 0.368. The lowest BCUT2D eigenvalue weighted by atomic mass is 10.0. The second kappa shape index (κ2) is 7.22. The molecule has 0 aromatic carbocycles. The molecule has 27 heavy (non-hydrogen) atoms. The van der Waals surface area contributed by atoms with Gasteiger partial charge in [0.15, 0.2) is 11.4 Å². The Bertz CT molecular complexity index is 973. The van der Waals surface area contributed by atoms with Gasteiger partial charge in [-0.1, -0.05) is 13.8 Å². The normalized spacial score (nSPS) is 12.7. The standard InChI is InChI=1S/C19H22N4O4/c1-10(2)16(19(25)26)22-18(24)12-8-14(15-6-5-7-27-15)21-17-13(12)9-20-23(17)11(3)4/h5-11,16H,1-4H3,(H,22,24)(H,25,26)/t16-/m0/s1. The van der Waals surface area contributed by atoms with Gasteiger partial charge in [0.25, 0.3) is 5.91 Å². The number of hydrogen-bond donors (Lipinski definition) is 2. The fourth-order valence-electron chi connectivity index (χ4n) is 2.87. The van der Waals surface area contributed by atoms with Crippen LogP contribution >= 0.6 is 0 Å². The van der Waals surface area contributed by atoms with E-state index in [1.807, 2.05) is 13.8 Å². The minimum atomic E-state index is -1.08. The van der Waals surface area contributed by atoms with E-state index in [0.29, 0.717) is 28.1 Å². The van der Waals surface area contributed by atoms with Gasteiger partial charge in [0.1, 0.15) is 11.7 Å². The number of carboxylic acid groups (broad SMARTS) is 1. The van der Waals surface area contributed by atoms with E-state index in [2.05, 4.69) is 15.4 Å². The van der Waals surface area contributed by atoms with Crippen molar-refractivity contribution in [3.8, 4) is 11.5 Å². The van der Waals surface area contributed by atoms with Crippen LogP contribution in [0.1, 0.15) is 44.1 Å². The number of aromatic nitrogens is 3. The quantitative estimate of drug-likeness (QED) is 0.690. The lowest BCUT2D eigenvalue weighted by molar-refractivity contribution is -0.140. The molecule has 1 amide bonds. The van der Waals surface area contributed by atoms with Crippen LogP contribution in [-0.2, 0) is 4.79 Å². The number of amides is 1. The van der Waals surface area contributed by atoms with Crippen LogP contribution in [0, 0.1) is 5.92 Å². The Morgan fingerprint density at radius 3 is 2.56 bits per heavy atom. The maximum absolute atomic E-state index is 12.9. The molecule has 0 saturated carbocycles. The van der Waals surface area contributed by atoms with Crippen molar-refractivity contribution < 1.29 is 19.1 Å². The highest BCUT2D eigenvalue weighted by atomic mass is 16.4. The number of furan rings is 1. The number of nitrogens with zero attached hydrogens (tertiary/aromatic N) is 3. The minimum Gasteiger partial charge on any atom is -0.480 e. The Balaban J connectivity index is 2.13. The number of aliphatic carboxylic acids is 1. The lowest BCUT2D eigenvalue weighted by Crippen LogP contribution is -2.44. The highest BCUT2D eigenvalue weighted by Gasteiger charge is 2.26. The van der Waals surface area contributed by atoms with Gasteiger partial charge < -0.3 is 14.8 Å². The minimum absolute atomic E-state index is 0.0418. The summed E-state index contributed by atoms with van der Waals surface area (Å²) in [5, 5.41) is 16.9. The third kappa shape index (κ3) is 3.55. The van der Waals surface area contributed by atoms with Crippen LogP contribution < -0.4 is 5.32 Å². The molecule has 1 atom stereocenters. The summed E-state index contributed by atoms with van der Waals surface area (Å²) in [5.74, 6) is -1.31. The largest absolute Gasteiger partial charge is 0.480 e. The summed E-state index contributed by atoms with van der Waals surface area (Å²) in [4.78, 5) is 29.0. The number of carbonyl (C=O) groups is 2. The Morgan fingerprint density at radius 1 is 1.26 bits per heavy atom. The van der Waals surface area contributed by atoms with Crippen molar-refractivity contribution in [2.24, 2.45) is 5.92 Å². The van der Waals surface area contributed by atoms with Gasteiger partial charge in [-0.05, 0) is 38.0 Å². The van der Waals surface area contributed by atoms with Crippen LogP contribution in [0.4, 0.5) is 0 Å². The molecule has 3 aromatic rings. The molecule has 0 saturated heterocycles. The van der Waals surface area contributed by atoms with Crippen molar-refractivity contribution in [1.29, 1.82) is 0 Å². The zero-order valence-electron chi connectivity index (χ0n) is 15.6. The Labute approximate surface area is 156 Å². The second-order valence-electron chi connectivity index (χ2n) is 6.99. The highest BCUT2D eigenvalue weighted by molar-refractivity contribution is 6.07. The number of fused-ring (bicyclic) bond motifs is 1. The van der Waals surface area contributed by atoms with E-state index >= 15 is 0 Å².